The number of H-pyrrole nitrogens is 1. The summed E-state index contributed by atoms with van der Waals surface area (Å²) in [5, 5.41) is 54.4. The molecular weight excluding hydrogens is 861 g/mol. The minimum absolute atomic E-state index is 0.102. The Balaban J connectivity index is 1.73. The van der Waals surface area contributed by atoms with E-state index in [1.54, 1.807) is 13.8 Å². The number of aromatic hydroxyl groups is 1. The van der Waals surface area contributed by atoms with Crippen LogP contribution in [0, 0.1) is 23.7 Å². The molecule has 11 atom stereocenters. The number of aromatic amines is 1. The minimum atomic E-state index is -2.31. The van der Waals surface area contributed by atoms with Gasteiger partial charge in [-0.05, 0) is 30.0 Å². The molecule has 1 fully saturated rings. The number of nitrogens with zero attached hydrogens (tertiary/aromatic N) is 1. The van der Waals surface area contributed by atoms with Crippen LogP contribution in [0.1, 0.15) is 58.4 Å². The van der Waals surface area contributed by atoms with Crippen molar-refractivity contribution in [1.82, 2.24) is 36.5 Å². The molecule has 1 aromatic heterocycles. The van der Waals surface area contributed by atoms with Crippen molar-refractivity contribution in [2.45, 2.75) is 101 Å². The van der Waals surface area contributed by atoms with Gasteiger partial charge in [0.2, 0.25) is 41.4 Å². The highest BCUT2D eigenvalue weighted by Gasteiger charge is 2.45. The summed E-state index contributed by atoms with van der Waals surface area (Å²) >= 11 is 0. The Bertz CT molecular complexity index is 2200. The normalized spacial score (nSPS) is 28.8. The van der Waals surface area contributed by atoms with E-state index in [9.17, 15) is 67.8 Å². The van der Waals surface area contributed by atoms with Crippen molar-refractivity contribution in [3.05, 3.63) is 23.8 Å². The monoisotopic (exact) mass is 916 g/mol. The maximum Gasteiger partial charge on any atom is 0.243 e. The average Bonchev–Trinajstić information content (AvgIpc) is 3.82. The fourth-order valence-electron chi connectivity index (χ4n) is 8.26. The van der Waals surface area contributed by atoms with Crippen LogP contribution in [0.15, 0.2) is 23.2 Å². The van der Waals surface area contributed by atoms with Crippen molar-refractivity contribution in [2.24, 2.45) is 29.4 Å². The first-order chi connectivity index (χ1) is 30.2. The van der Waals surface area contributed by atoms with Gasteiger partial charge in [-0.3, -0.25) is 47.4 Å². The van der Waals surface area contributed by atoms with E-state index in [1.807, 2.05) is 0 Å². The van der Waals surface area contributed by atoms with Gasteiger partial charge in [-0.25, -0.2) is 0 Å². The summed E-state index contributed by atoms with van der Waals surface area (Å²) in [6, 6.07) is -1.99. The number of fused-ring (bicyclic) bond motifs is 5. The molecule has 2 aromatic rings. The van der Waals surface area contributed by atoms with Gasteiger partial charge < -0.3 is 62.6 Å². The highest BCUT2D eigenvalue weighted by molar-refractivity contribution is 7.85. The number of hydrogen-bond acceptors (Lipinski definition) is 14. The van der Waals surface area contributed by atoms with Crippen LogP contribution in [0.25, 0.3) is 10.9 Å². The molecule has 3 aliphatic heterocycles. The highest BCUT2D eigenvalue weighted by atomic mass is 32.2. The van der Waals surface area contributed by atoms with Crippen LogP contribution in [0.2, 0.25) is 0 Å². The molecular formula is C41H56N8O14S. The van der Waals surface area contributed by atoms with Crippen LogP contribution in [-0.2, 0) is 60.4 Å². The van der Waals surface area contributed by atoms with Crippen LogP contribution in [-0.4, -0.2) is 156 Å². The number of benzene rings is 1. The van der Waals surface area contributed by atoms with Gasteiger partial charge in [0.05, 0.1) is 72.0 Å². The van der Waals surface area contributed by atoms with E-state index in [0.717, 1.165) is 4.90 Å². The zero-order valence-electron chi connectivity index (χ0n) is 35.6. The largest absolute Gasteiger partial charge is 0.508 e. The van der Waals surface area contributed by atoms with Crippen LogP contribution >= 0.6 is 0 Å². The Morgan fingerprint density at radius 3 is 2.23 bits per heavy atom. The number of rotatable bonds is 7. The van der Waals surface area contributed by atoms with Crippen molar-refractivity contribution in [2.75, 3.05) is 32.0 Å². The molecule has 1 saturated heterocycles. The minimum Gasteiger partial charge on any atom is -0.508 e. The number of amides is 7. The lowest BCUT2D eigenvalue weighted by Gasteiger charge is -2.32. The van der Waals surface area contributed by atoms with Gasteiger partial charge in [-0.2, -0.15) is 0 Å². The SMILES string of the molecule is CC[C@H](C)[C@@H]1NC(=O)CNC(=O)[C@H]2CC(=O)[C@H]([C@@H](C)[C@@H](O)CO)NC(=O)[C@@H]3C[C@@H](O)CN3C(=O)[C@H](CC(N)=O)CC(=O)C(CS(=O)c3[nH]c4cc(O)ccc4c3C2)NC(=O)CNC1=O. The summed E-state index contributed by atoms with van der Waals surface area (Å²) in [6.45, 7) is 2.01. The molecule has 2 unspecified atom stereocenters. The topological polar surface area (TPSA) is 357 Å². The summed E-state index contributed by atoms with van der Waals surface area (Å²) in [5.41, 5.74) is 5.90. The Morgan fingerprint density at radius 2 is 1.58 bits per heavy atom. The number of nitrogens with two attached hydrogens (primary N) is 1. The van der Waals surface area contributed by atoms with Crippen molar-refractivity contribution < 1.29 is 67.8 Å². The number of aliphatic hydroxyl groups excluding tert-OH is 3. The van der Waals surface area contributed by atoms with Crippen LogP contribution in [0.4, 0.5) is 0 Å². The summed E-state index contributed by atoms with van der Waals surface area (Å²) < 4.78 is 14.6. The van der Waals surface area contributed by atoms with E-state index in [2.05, 4.69) is 31.6 Å². The third-order valence-electron chi connectivity index (χ3n) is 12.1. The molecule has 0 spiro atoms. The number of Topliss-reactive ketones (excluding diaryl/α,β-unsaturated/α-hetero) is 2. The zero-order chi connectivity index (χ0) is 47.2. The maximum atomic E-state index is 14.6. The molecule has 7 amide bonds. The number of carbonyl (C=O) groups excluding carboxylic acids is 9. The number of aromatic nitrogens is 1. The number of phenols is 1. The number of hydrogen-bond donors (Lipinski definition) is 11. The molecule has 22 nitrogen and oxygen atoms in total. The second-order valence-corrected chi connectivity index (χ2v) is 18.2. The van der Waals surface area contributed by atoms with Gasteiger partial charge in [-0.15, -0.1) is 0 Å². The van der Waals surface area contributed by atoms with Crippen molar-refractivity contribution in [3.8, 4) is 5.75 Å². The number of phenolic OH excluding ortho intramolecular Hbond substituents is 1. The van der Waals surface area contributed by atoms with E-state index in [1.165, 1.54) is 25.1 Å². The summed E-state index contributed by atoms with van der Waals surface area (Å²) in [5.74, 6) is -13.8. The van der Waals surface area contributed by atoms with Gasteiger partial charge in [0.15, 0.2) is 11.6 Å². The second-order valence-electron chi connectivity index (χ2n) is 16.8. The van der Waals surface area contributed by atoms with Crippen molar-refractivity contribution in [1.29, 1.82) is 0 Å². The van der Waals surface area contributed by atoms with Crippen molar-refractivity contribution in [3.63, 3.8) is 0 Å². The molecule has 1 aromatic carbocycles. The fraction of sp³-hybridized carbons (Fsp3) is 0.585. The number of ketones is 2. The van der Waals surface area contributed by atoms with E-state index in [4.69, 9.17) is 5.73 Å². The Kier molecular flexibility index (Phi) is 16.4. The third kappa shape index (κ3) is 11.7. The number of carbonyl (C=O) groups is 9. The van der Waals surface area contributed by atoms with Crippen LogP contribution in [0.5, 0.6) is 5.75 Å². The molecule has 5 rings (SSSR count). The van der Waals surface area contributed by atoms with Crippen LogP contribution in [0.3, 0.4) is 0 Å². The lowest BCUT2D eigenvalue weighted by molar-refractivity contribution is -0.145. The molecule has 0 radical (unpaired) electrons. The molecule has 0 saturated carbocycles. The molecule has 12 N–H and O–H groups in total. The van der Waals surface area contributed by atoms with Gasteiger partial charge in [0.1, 0.15) is 22.9 Å². The second kappa shape index (κ2) is 21.3. The lowest BCUT2D eigenvalue weighted by Crippen LogP contribution is -2.56. The Labute approximate surface area is 369 Å². The molecule has 64 heavy (non-hydrogen) atoms. The fourth-order valence-corrected chi connectivity index (χ4v) is 9.69. The standard InChI is InChI=1S/C41H56N8O14S/c1-4-18(2)35-39(61)44-13-33(57)45-27-17-64(63)40-25(24-6-5-22(51)11-26(24)46-40)7-20(37(59)43-14-34(58)47-35)8-30(54)36(19(3)31(55)16-50)48-38(60)28-12-23(52)15-49(28)41(62)21(9-29(27)53)10-32(42)56/h5-6,11,18-21,23,27-28,31,35-36,46,50-52,55H,4,7-10,12-17H2,1-3H3,(H2,42,56)(H,43,59)(H,44,61)(H,45,57)(H,47,58)(H,48,60)/t18-,19-,20+,21-,23+,27?,28-,31-,35-,36-,64?/m0/s1. The first-order valence-electron chi connectivity index (χ1n) is 21.0. The number of aliphatic hydroxyl groups is 3. The Hall–Kier alpha value is -5.78. The predicted octanol–water partition coefficient (Wildman–Crippen LogP) is -3.74. The quantitative estimate of drug-likeness (QED) is 0.127. The zero-order valence-corrected chi connectivity index (χ0v) is 36.4. The van der Waals surface area contributed by atoms with Gasteiger partial charge >= 0.3 is 0 Å². The van der Waals surface area contributed by atoms with Gasteiger partial charge in [-0.1, -0.05) is 27.2 Å². The number of primary amides is 1. The molecule has 350 valence electrons. The molecule has 3 aliphatic rings. The number of nitrogens with one attached hydrogen (secondary N) is 6. The summed E-state index contributed by atoms with van der Waals surface area (Å²) in [4.78, 5) is 128. The van der Waals surface area contributed by atoms with Gasteiger partial charge in [0.25, 0.3) is 0 Å². The predicted molar refractivity (Wildman–Crippen MR) is 225 cm³/mol. The third-order valence-corrected chi connectivity index (χ3v) is 13.6. The first kappa shape index (κ1) is 49.2. The summed E-state index contributed by atoms with van der Waals surface area (Å²) in [6.07, 6.45) is -5.54. The highest BCUT2D eigenvalue weighted by Crippen LogP contribution is 2.32. The maximum absolute atomic E-state index is 14.6. The molecule has 2 bridgehead atoms. The lowest BCUT2D eigenvalue weighted by atomic mass is 9.85. The van der Waals surface area contributed by atoms with E-state index in [0.29, 0.717) is 11.8 Å². The van der Waals surface area contributed by atoms with Gasteiger partial charge in [0, 0.05) is 55.5 Å². The molecule has 0 aliphatic carbocycles. The first-order valence-corrected chi connectivity index (χ1v) is 22.3. The smallest absolute Gasteiger partial charge is 0.243 e. The van der Waals surface area contributed by atoms with E-state index >= 15 is 0 Å². The van der Waals surface area contributed by atoms with E-state index < -0.39 is 181 Å². The average molecular weight is 917 g/mol. The van der Waals surface area contributed by atoms with Crippen LogP contribution < -0.4 is 32.3 Å². The van der Waals surface area contributed by atoms with Crippen molar-refractivity contribution >= 4 is 74.6 Å². The molecule has 23 heteroatoms. The summed E-state index contributed by atoms with van der Waals surface area (Å²) in [7, 11) is -2.31. The van der Waals surface area contributed by atoms with E-state index in [-0.39, 0.29) is 28.3 Å². The Morgan fingerprint density at radius 1 is 0.906 bits per heavy atom. The molecule has 4 heterocycles.